The summed E-state index contributed by atoms with van der Waals surface area (Å²) in [4.78, 5) is 0. The molecule has 0 fully saturated rings. The van der Waals surface area contributed by atoms with Crippen molar-refractivity contribution in [2.24, 2.45) is 5.92 Å². The van der Waals surface area contributed by atoms with Crippen LogP contribution in [0.5, 0.6) is 5.75 Å². The fourth-order valence-corrected chi connectivity index (χ4v) is 2.02. The summed E-state index contributed by atoms with van der Waals surface area (Å²) in [6, 6.07) is 15.9. The third kappa shape index (κ3) is 4.78. The van der Waals surface area contributed by atoms with Crippen LogP contribution in [0.15, 0.2) is 48.5 Å². The second kappa shape index (κ2) is 7.20. The molecule has 0 aromatic heterocycles. The van der Waals surface area contributed by atoms with Crippen LogP contribution in [0.25, 0.3) is 0 Å². The van der Waals surface area contributed by atoms with Crippen molar-refractivity contribution >= 4 is 17.3 Å². The lowest BCUT2D eigenvalue weighted by atomic mass is 10.2. The van der Waals surface area contributed by atoms with Crippen LogP contribution in [-0.2, 0) is 6.54 Å². The van der Waals surface area contributed by atoms with E-state index >= 15 is 0 Å². The molecule has 3 heteroatoms. The molecule has 106 valence electrons. The van der Waals surface area contributed by atoms with Crippen LogP contribution < -0.4 is 10.1 Å². The number of hydrogen-bond acceptors (Lipinski definition) is 2. The maximum Gasteiger partial charge on any atom is 0.121 e. The first-order chi connectivity index (χ1) is 9.63. The molecule has 0 amide bonds. The average Bonchev–Trinajstić information content (AvgIpc) is 2.43. The Morgan fingerprint density at radius 1 is 1.10 bits per heavy atom. The molecule has 1 N–H and O–H groups in total. The number of halogens is 1. The van der Waals surface area contributed by atoms with Gasteiger partial charge in [0.1, 0.15) is 5.75 Å². The maximum atomic E-state index is 5.97. The topological polar surface area (TPSA) is 21.3 Å². The van der Waals surface area contributed by atoms with Crippen molar-refractivity contribution in [2.45, 2.75) is 20.4 Å². The van der Waals surface area contributed by atoms with Crippen molar-refractivity contribution in [3.8, 4) is 5.75 Å². The lowest BCUT2D eigenvalue weighted by molar-refractivity contribution is 0.271. The summed E-state index contributed by atoms with van der Waals surface area (Å²) in [5.74, 6) is 1.42. The van der Waals surface area contributed by atoms with Crippen molar-refractivity contribution in [1.29, 1.82) is 0 Å². The lowest BCUT2D eigenvalue weighted by Gasteiger charge is -2.11. The van der Waals surface area contributed by atoms with Gasteiger partial charge in [-0.1, -0.05) is 43.6 Å². The van der Waals surface area contributed by atoms with Crippen LogP contribution in [0.1, 0.15) is 19.4 Å². The smallest absolute Gasteiger partial charge is 0.121 e. The minimum atomic E-state index is 0.526. The molecule has 2 rings (SSSR count). The lowest BCUT2D eigenvalue weighted by Crippen LogP contribution is -2.05. The van der Waals surface area contributed by atoms with E-state index < -0.39 is 0 Å². The summed E-state index contributed by atoms with van der Waals surface area (Å²) in [6.45, 7) is 5.76. The molecule has 0 radical (unpaired) electrons. The highest BCUT2D eigenvalue weighted by Gasteiger charge is 2.00. The van der Waals surface area contributed by atoms with Gasteiger partial charge in [0.2, 0.25) is 0 Å². The zero-order valence-electron chi connectivity index (χ0n) is 11.9. The second-order valence-corrected chi connectivity index (χ2v) is 5.65. The molecule has 0 aliphatic rings. The molecule has 0 aliphatic heterocycles. The Labute approximate surface area is 125 Å². The summed E-state index contributed by atoms with van der Waals surface area (Å²) in [6.07, 6.45) is 0. The summed E-state index contributed by atoms with van der Waals surface area (Å²) in [7, 11) is 0. The molecule has 0 heterocycles. The number of rotatable bonds is 6. The first-order valence-corrected chi connectivity index (χ1v) is 7.22. The standard InChI is InChI=1S/C17H20ClNO/c1-13(2)12-20-17-8-4-7-16(10-17)19-11-14-5-3-6-15(18)9-14/h3-10,13,19H,11-12H2,1-2H3. The molecule has 0 aliphatic carbocycles. The largest absolute Gasteiger partial charge is 0.493 e. The molecule has 2 nitrogen and oxygen atoms in total. The van der Waals surface area contributed by atoms with Gasteiger partial charge in [-0.05, 0) is 35.7 Å². The first-order valence-electron chi connectivity index (χ1n) is 6.84. The van der Waals surface area contributed by atoms with Crippen molar-refractivity contribution < 1.29 is 4.74 Å². The number of benzene rings is 2. The number of ether oxygens (including phenoxy) is 1. The van der Waals surface area contributed by atoms with Gasteiger partial charge in [0.15, 0.2) is 0 Å². The Kier molecular flexibility index (Phi) is 5.31. The summed E-state index contributed by atoms with van der Waals surface area (Å²) in [5, 5.41) is 4.14. The van der Waals surface area contributed by atoms with Crippen LogP contribution in [0, 0.1) is 5.92 Å². The molecule has 0 spiro atoms. The molecule has 2 aromatic carbocycles. The van der Waals surface area contributed by atoms with E-state index in [4.69, 9.17) is 16.3 Å². The molecule has 2 aromatic rings. The fraction of sp³-hybridized carbons (Fsp3) is 0.294. The van der Waals surface area contributed by atoms with Crippen LogP contribution >= 0.6 is 11.6 Å². The molecule has 0 atom stereocenters. The van der Waals surface area contributed by atoms with Crippen LogP contribution in [0.4, 0.5) is 5.69 Å². The molecule has 20 heavy (non-hydrogen) atoms. The molecular formula is C17H20ClNO. The van der Waals surface area contributed by atoms with Crippen molar-refractivity contribution in [2.75, 3.05) is 11.9 Å². The van der Waals surface area contributed by atoms with E-state index in [-0.39, 0.29) is 0 Å². The molecular weight excluding hydrogens is 270 g/mol. The number of nitrogens with one attached hydrogen (secondary N) is 1. The van der Waals surface area contributed by atoms with Crippen LogP contribution in [0.3, 0.4) is 0 Å². The maximum absolute atomic E-state index is 5.97. The van der Waals surface area contributed by atoms with Crippen LogP contribution in [0.2, 0.25) is 5.02 Å². The normalized spacial score (nSPS) is 10.6. The summed E-state index contributed by atoms with van der Waals surface area (Å²) < 4.78 is 5.72. The van der Waals surface area contributed by atoms with E-state index in [1.165, 1.54) is 0 Å². The molecule has 0 bridgehead atoms. The predicted octanol–water partition coefficient (Wildman–Crippen LogP) is 4.99. The van der Waals surface area contributed by atoms with E-state index in [0.717, 1.165) is 35.2 Å². The van der Waals surface area contributed by atoms with E-state index in [1.807, 2.05) is 42.5 Å². The third-order valence-corrected chi connectivity index (χ3v) is 3.04. The Morgan fingerprint density at radius 2 is 1.90 bits per heavy atom. The molecule has 0 saturated carbocycles. The van der Waals surface area contributed by atoms with Gasteiger partial charge in [0.05, 0.1) is 6.61 Å². The zero-order chi connectivity index (χ0) is 14.4. The van der Waals surface area contributed by atoms with Gasteiger partial charge in [0.25, 0.3) is 0 Å². The van der Waals surface area contributed by atoms with Gasteiger partial charge in [-0.3, -0.25) is 0 Å². The van der Waals surface area contributed by atoms with Crippen molar-refractivity contribution in [3.63, 3.8) is 0 Å². The van der Waals surface area contributed by atoms with E-state index in [1.54, 1.807) is 0 Å². The van der Waals surface area contributed by atoms with Crippen molar-refractivity contribution in [1.82, 2.24) is 0 Å². The quantitative estimate of drug-likeness (QED) is 0.809. The Balaban J connectivity index is 1.94. The molecule has 0 saturated heterocycles. The Bertz CT molecular complexity index is 554. The van der Waals surface area contributed by atoms with E-state index in [9.17, 15) is 0 Å². The highest BCUT2D eigenvalue weighted by atomic mass is 35.5. The average molecular weight is 290 g/mol. The molecule has 0 unspecified atom stereocenters. The van der Waals surface area contributed by atoms with Gasteiger partial charge >= 0.3 is 0 Å². The van der Waals surface area contributed by atoms with Gasteiger partial charge in [-0.25, -0.2) is 0 Å². The van der Waals surface area contributed by atoms with Gasteiger partial charge in [-0.15, -0.1) is 0 Å². The first kappa shape index (κ1) is 14.7. The highest BCUT2D eigenvalue weighted by molar-refractivity contribution is 6.30. The monoisotopic (exact) mass is 289 g/mol. The Morgan fingerprint density at radius 3 is 2.65 bits per heavy atom. The van der Waals surface area contributed by atoms with Crippen molar-refractivity contribution in [3.05, 3.63) is 59.1 Å². The van der Waals surface area contributed by atoms with E-state index in [0.29, 0.717) is 5.92 Å². The summed E-state index contributed by atoms with van der Waals surface area (Å²) in [5.41, 5.74) is 2.21. The third-order valence-electron chi connectivity index (χ3n) is 2.80. The van der Waals surface area contributed by atoms with E-state index in [2.05, 4.69) is 25.2 Å². The fourth-order valence-electron chi connectivity index (χ4n) is 1.81. The second-order valence-electron chi connectivity index (χ2n) is 5.22. The zero-order valence-corrected chi connectivity index (χ0v) is 12.7. The van der Waals surface area contributed by atoms with Gasteiger partial charge in [0, 0.05) is 23.3 Å². The minimum absolute atomic E-state index is 0.526. The van der Waals surface area contributed by atoms with Gasteiger partial charge < -0.3 is 10.1 Å². The minimum Gasteiger partial charge on any atom is -0.493 e. The van der Waals surface area contributed by atoms with Crippen LogP contribution in [-0.4, -0.2) is 6.61 Å². The number of anilines is 1. The SMILES string of the molecule is CC(C)COc1cccc(NCc2cccc(Cl)c2)c1. The number of hydrogen-bond donors (Lipinski definition) is 1. The van der Waals surface area contributed by atoms with Gasteiger partial charge in [-0.2, -0.15) is 0 Å². The predicted molar refractivity (Wildman–Crippen MR) is 85.6 cm³/mol. The Hall–Kier alpha value is -1.67. The summed E-state index contributed by atoms with van der Waals surface area (Å²) >= 11 is 5.97. The highest BCUT2D eigenvalue weighted by Crippen LogP contribution is 2.19.